The largest absolute Gasteiger partial charge is 0.353 e. The monoisotopic (exact) mass is 155 g/mol. The fraction of sp³-hybridized carbons (Fsp3) is 0.500. The van der Waals surface area contributed by atoms with Crippen molar-refractivity contribution in [2.24, 2.45) is 0 Å². The molecule has 0 aliphatic carbocycles. The molecule has 1 aromatic heterocycles. The number of aryl methyl sites for hydroxylation is 1. The second kappa shape index (κ2) is 4.66. The summed E-state index contributed by atoms with van der Waals surface area (Å²) in [6.07, 6.45) is 0. The van der Waals surface area contributed by atoms with Gasteiger partial charge in [-0.15, -0.1) is 0 Å². The van der Waals surface area contributed by atoms with Crippen LogP contribution < -0.4 is 0 Å². The molecule has 1 heterocycles. The SMILES string of the molecule is CC.CC(=O)c1cc(C)no1. The summed E-state index contributed by atoms with van der Waals surface area (Å²) in [7, 11) is 0. The van der Waals surface area contributed by atoms with Gasteiger partial charge in [0.05, 0.1) is 5.69 Å². The number of ketones is 1. The van der Waals surface area contributed by atoms with Crippen molar-refractivity contribution in [1.29, 1.82) is 0 Å². The minimum atomic E-state index is -0.0874. The van der Waals surface area contributed by atoms with Crippen LogP contribution in [-0.4, -0.2) is 10.9 Å². The van der Waals surface area contributed by atoms with Crippen molar-refractivity contribution < 1.29 is 9.32 Å². The highest BCUT2D eigenvalue weighted by atomic mass is 16.5. The van der Waals surface area contributed by atoms with Crippen molar-refractivity contribution in [3.63, 3.8) is 0 Å². The third kappa shape index (κ3) is 2.98. The average Bonchev–Trinajstić information content (AvgIpc) is 2.40. The molecule has 1 rings (SSSR count). The average molecular weight is 155 g/mol. The fourth-order valence-electron chi connectivity index (χ4n) is 0.530. The first-order valence-electron chi connectivity index (χ1n) is 3.64. The van der Waals surface area contributed by atoms with Crippen LogP contribution in [0.25, 0.3) is 0 Å². The molecule has 0 amide bonds. The fourth-order valence-corrected chi connectivity index (χ4v) is 0.530. The van der Waals surface area contributed by atoms with Gasteiger partial charge in [-0.05, 0) is 6.92 Å². The molecule has 1 aromatic rings. The van der Waals surface area contributed by atoms with Gasteiger partial charge in [-0.3, -0.25) is 4.79 Å². The molecular formula is C8H13NO2. The Balaban J connectivity index is 0.000000461. The lowest BCUT2D eigenvalue weighted by atomic mass is 10.3. The lowest BCUT2D eigenvalue weighted by Gasteiger charge is -1.77. The van der Waals surface area contributed by atoms with Crippen LogP contribution in [0.2, 0.25) is 0 Å². The third-order valence-corrected chi connectivity index (χ3v) is 0.975. The molecule has 3 nitrogen and oxygen atoms in total. The van der Waals surface area contributed by atoms with Gasteiger partial charge in [-0.1, -0.05) is 19.0 Å². The highest BCUT2D eigenvalue weighted by Crippen LogP contribution is 2.01. The van der Waals surface area contributed by atoms with Crippen LogP contribution in [0.15, 0.2) is 10.6 Å². The van der Waals surface area contributed by atoms with Gasteiger partial charge in [-0.25, -0.2) is 0 Å². The van der Waals surface area contributed by atoms with Crippen molar-refractivity contribution in [2.45, 2.75) is 27.7 Å². The Bertz CT molecular complexity index is 228. The third-order valence-electron chi connectivity index (χ3n) is 0.975. The summed E-state index contributed by atoms with van der Waals surface area (Å²) in [5, 5.41) is 3.54. The van der Waals surface area contributed by atoms with E-state index in [0.717, 1.165) is 5.69 Å². The normalized spacial score (nSPS) is 8.36. The second-order valence-electron chi connectivity index (χ2n) is 1.89. The van der Waals surface area contributed by atoms with Crippen molar-refractivity contribution in [1.82, 2.24) is 5.16 Å². The van der Waals surface area contributed by atoms with E-state index in [-0.39, 0.29) is 5.78 Å². The molecule has 62 valence electrons. The number of Topliss-reactive ketones (excluding diaryl/α,β-unsaturated/α-hetero) is 1. The summed E-state index contributed by atoms with van der Waals surface area (Å²) in [4.78, 5) is 10.5. The summed E-state index contributed by atoms with van der Waals surface area (Å²) >= 11 is 0. The zero-order chi connectivity index (χ0) is 8.85. The Kier molecular flexibility index (Phi) is 4.18. The zero-order valence-electron chi connectivity index (χ0n) is 7.34. The predicted molar refractivity (Wildman–Crippen MR) is 42.6 cm³/mol. The van der Waals surface area contributed by atoms with Crippen molar-refractivity contribution in [3.05, 3.63) is 17.5 Å². The van der Waals surface area contributed by atoms with Crippen LogP contribution in [0, 0.1) is 6.92 Å². The van der Waals surface area contributed by atoms with E-state index >= 15 is 0 Å². The van der Waals surface area contributed by atoms with Gasteiger partial charge in [0, 0.05) is 13.0 Å². The second-order valence-corrected chi connectivity index (χ2v) is 1.89. The quantitative estimate of drug-likeness (QED) is 0.584. The van der Waals surface area contributed by atoms with E-state index in [9.17, 15) is 4.79 Å². The summed E-state index contributed by atoms with van der Waals surface area (Å²) < 4.78 is 4.63. The maximum atomic E-state index is 10.5. The highest BCUT2D eigenvalue weighted by molar-refractivity contribution is 5.91. The summed E-state index contributed by atoms with van der Waals surface area (Å²) in [5.74, 6) is 0.239. The van der Waals surface area contributed by atoms with E-state index in [1.54, 1.807) is 13.0 Å². The number of aromatic nitrogens is 1. The highest BCUT2D eigenvalue weighted by Gasteiger charge is 2.03. The minimum Gasteiger partial charge on any atom is -0.353 e. The van der Waals surface area contributed by atoms with Gasteiger partial charge in [0.2, 0.25) is 5.76 Å². The first kappa shape index (κ1) is 9.88. The number of carbonyl (C=O) groups is 1. The summed E-state index contributed by atoms with van der Waals surface area (Å²) in [6.45, 7) is 7.22. The Labute approximate surface area is 66.4 Å². The zero-order valence-corrected chi connectivity index (χ0v) is 7.34. The molecule has 11 heavy (non-hydrogen) atoms. The molecule has 0 aliphatic heterocycles. The molecule has 0 bridgehead atoms. The van der Waals surface area contributed by atoms with Crippen LogP contribution in [0.1, 0.15) is 37.0 Å². The number of nitrogens with zero attached hydrogens (tertiary/aromatic N) is 1. The standard InChI is InChI=1S/C6H7NO2.C2H6/c1-4-3-6(5(2)8)9-7-4;1-2/h3H,1-2H3;1-2H3. The molecule has 0 unspecified atom stereocenters. The van der Waals surface area contributed by atoms with Gasteiger partial charge < -0.3 is 4.52 Å². The van der Waals surface area contributed by atoms with E-state index in [1.807, 2.05) is 13.8 Å². The van der Waals surface area contributed by atoms with Gasteiger partial charge >= 0.3 is 0 Å². The number of carbonyl (C=O) groups excluding carboxylic acids is 1. The smallest absolute Gasteiger partial charge is 0.202 e. The maximum absolute atomic E-state index is 10.5. The Morgan fingerprint density at radius 2 is 2.09 bits per heavy atom. The summed E-state index contributed by atoms with van der Waals surface area (Å²) in [5.41, 5.74) is 0.736. The van der Waals surface area contributed by atoms with E-state index in [4.69, 9.17) is 0 Å². The maximum Gasteiger partial charge on any atom is 0.202 e. The first-order chi connectivity index (χ1) is 5.20. The van der Waals surface area contributed by atoms with Gasteiger partial charge in [0.15, 0.2) is 5.78 Å². The Morgan fingerprint density at radius 1 is 1.55 bits per heavy atom. The molecule has 0 saturated carbocycles. The molecular weight excluding hydrogens is 142 g/mol. The number of hydrogen-bond acceptors (Lipinski definition) is 3. The lowest BCUT2D eigenvalue weighted by molar-refractivity contribution is 0.0978. The first-order valence-corrected chi connectivity index (χ1v) is 3.64. The molecule has 0 N–H and O–H groups in total. The van der Waals surface area contributed by atoms with Crippen LogP contribution >= 0.6 is 0 Å². The van der Waals surface area contributed by atoms with Crippen molar-refractivity contribution in [3.8, 4) is 0 Å². The van der Waals surface area contributed by atoms with Gasteiger partial charge in [0.25, 0.3) is 0 Å². The van der Waals surface area contributed by atoms with Crippen LogP contribution in [0.5, 0.6) is 0 Å². The van der Waals surface area contributed by atoms with E-state index in [2.05, 4.69) is 9.68 Å². The van der Waals surface area contributed by atoms with E-state index in [1.165, 1.54) is 6.92 Å². The van der Waals surface area contributed by atoms with E-state index in [0.29, 0.717) is 5.76 Å². The lowest BCUT2D eigenvalue weighted by Crippen LogP contribution is -1.85. The Morgan fingerprint density at radius 3 is 2.27 bits per heavy atom. The van der Waals surface area contributed by atoms with Crippen molar-refractivity contribution >= 4 is 5.78 Å². The van der Waals surface area contributed by atoms with Crippen LogP contribution in [0.3, 0.4) is 0 Å². The topological polar surface area (TPSA) is 43.1 Å². The van der Waals surface area contributed by atoms with Crippen LogP contribution in [0.4, 0.5) is 0 Å². The van der Waals surface area contributed by atoms with Crippen molar-refractivity contribution in [2.75, 3.05) is 0 Å². The van der Waals surface area contributed by atoms with Gasteiger partial charge in [0.1, 0.15) is 0 Å². The number of hydrogen-bond donors (Lipinski definition) is 0. The molecule has 0 aromatic carbocycles. The molecule has 0 saturated heterocycles. The molecule has 3 heteroatoms. The summed E-state index contributed by atoms with van der Waals surface area (Å²) in [6, 6.07) is 1.61. The predicted octanol–water partition coefficient (Wildman–Crippen LogP) is 2.21. The Hall–Kier alpha value is -1.12. The molecule has 0 radical (unpaired) electrons. The minimum absolute atomic E-state index is 0.0874. The van der Waals surface area contributed by atoms with Crippen LogP contribution in [-0.2, 0) is 0 Å². The number of rotatable bonds is 1. The van der Waals surface area contributed by atoms with Gasteiger partial charge in [-0.2, -0.15) is 0 Å². The molecule has 0 fully saturated rings. The molecule has 0 atom stereocenters. The van der Waals surface area contributed by atoms with E-state index < -0.39 is 0 Å². The molecule has 0 aliphatic rings. The molecule has 0 spiro atoms.